The summed E-state index contributed by atoms with van der Waals surface area (Å²) in [5.41, 5.74) is 1.45. The maximum atomic E-state index is 12.5. The Labute approximate surface area is 172 Å². The van der Waals surface area contributed by atoms with Crippen molar-refractivity contribution in [3.05, 3.63) is 60.2 Å². The van der Waals surface area contributed by atoms with E-state index in [-0.39, 0.29) is 6.54 Å². The molecule has 158 valence electrons. The minimum absolute atomic E-state index is 0.289. The number of nitrogens with one attached hydrogen (secondary N) is 1. The maximum absolute atomic E-state index is 12.5. The van der Waals surface area contributed by atoms with Crippen molar-refractivity contribution in [2.75, 3.05) is 30.3 Å². The Morgan fingerprint density at radius 3 is 2.34 bits per heavy atom. The Bertz CT molecular complexity index is 870. The summed E-state index contributed by atoms with van der Waals surface area (Å²) in [6.07, 6.45) is 1.08. The molecule has 8 heteroatoms. The molecular weight excluding hydrogens is 392 g/mol. The van der Waals surface area contributed by atoms with Gasteiger partial charge in [0.05, 0.1) is 31.8 Å². The van der Waals surface area contributed by atoms with Gasteiger partial charge in [-0.05, 0) is 43.7 Å². The number of amides is 1. The van der Waals surface area contributed by atoms with Gasteiger partial charge in [0, 0.05) is 6.54 Å². The molecule has 0 radical (unpaired) electrons. The maximum Gasteiger partial charge on any atom is 0.243 e. The van der Waals surface area contributed by atoms with Gasteiger partial charge in [-0.15, -0.1) is 0 Å². The van der Waals surface area contributed by atoms with Crippen LogP contribution in [-0.4, -0.2) is 46.4 Å². The largest absolute Gasteiger partial charge is 0.494 e. The zero-order valence-electron chi connectivity index (χ0n) is 17.0. The van der Waals surface area contributed by atoms with Crippen molar-refractivity contribution in [3.63, 3.8) is 0 Å². The summed E-state index contributed by atoms with van der Waals surface area (Å²) >= 11 is 0. The van der Waals surface area contributed by atoms with Gasteiger partial charge in [-0.25, -0.2) is 8.42 Å². The predicted molar refractivity (Wildman–Crippen MR) is 114 cm³/mol. The molecule has 0 saturated carbocycles. The number of carbonyl (C=O) groups excluding carboxylic acids is 1. The fourth-order valence-corrected chi connectivity index (χ4v) is 4.00. The second-order valence-corrected chi connectivity index (χ2v) is 8.35. The lowest BCUT2D eigenvalue weighted by atomic mass is 10.2. The molecule has 29 heavy (non-hydrogen) atoms. The van der Waals surface area contributed by atoms with Crippen LogP contribution in [0.3, 0.4) is 0 Å². The highest BCUT2D eigenvalue weighted by Gasteiger charge is 2.28. The Morgan fingerprint density at radius 1 is 1.10 bits per heavy atom. The van der Waals surface area contributed by atoms with E-state index in [2.05, 4.69) is 5.32 Å². The standard InChI is InChI=1S/C21H28N2O5S/c1-4-28-20-12-10-19(11-13-20)23(29(3,25)26)17(2)21(24)22-14-15-27-16-18-8-6-5-7-9-18/h5-13,17H,4,14-16H2,1-3H3,(H,22,24). The van der Waals surface area contributed by atoms with E-state index in [0.717, 1.165) is 16.1 Å². The number of hydrogen-bond acceptors (Lipinski definition) is 5. The molecule has 0 fully saturated rings. The van der Waals surface area contributed by atoms with Crippen molar-refractivity contribution < 1.29 is 22.7 Å². The molecule has 0 aliphatic carbocycles. The number of hydrogen-bond donors (Lipinski definition) is 1. The van der Waals surface area contributed by atoms with E-state index >= 15 is 0 Å². The third kappa shape index (κ3) is 7.07. The van der Waals surface area contributed by atoms with Crippen molar-refractivity contribution in [3.8, 4) is 5.75 Å². The second kappa shape index (κ2) is 10.8. The van der Waals surface area contributed by atoms with E-state index in [0.29, 0.717) is 31.3 Å². The van der Waals surface area contributed by atoms with Crippen LogP contribution in [0.2, 0.25) is 0 Å². The zero-order valence-corrected chi connectivity index (χ0v) is 17.8. The first-order chi connectivity index (χ1) is 13.8. The van der Waals surface area contributed by atoms with Crippen LogP contribution in [0.4, 0.5) is 5.69 Å². The van der Waals surface area contributed by atoms with Crippen molar-refractivity contribution in [1.29, 1.82) is 0 Å². The third-order valence-electron chi connectivity index (χ3n) is 4.15. The highest BCUT2D eigenvalue weighted by molar-refractivity contribution is 7.92. The minimum atomic E-state index is -3.66. The van der Waals surface area contributed by atoms with E-state index in [4.69, 9.17) is 9.47 Å². The number of ether oxygens (including phenoxy) is 2. The molecule has 0 spiro atoms. The summed E-state index contributed by atoms with van der Waals surface area (Å²) in [5.74, 6) is 0.241. The molecule has 0 saturated heterocycles. The SMILES string of the molecule is CCOc1ccc(N(C(C)C(=O)NCCOCc2ccccc2)S(C)(=O)=O)cc1. The summed E-state index contributed by atoms with van der Waals surface area (Å²) in [5, 5.41) is 2.73. The fraction of sp³-hybridized carbons (Fsp3) is 0.381. The van der Waals surface area contributed by atoms with Crippen LogP contribution in [0.1, 0.15) is 19.4 Å². The van der Waals surface area contributed by atoms with Crippen LogP contribution >= 0.6 is 0 Å². The van der Waals surface area contributed by atoms with Crippen molar-refractivity contribution in [1.82, 2.24) is 5.32 Å². The molecule has 7 nitrogen and oxygen atoms in total. The Balaban J connectivity index is 1.92. The molecule has 0 bridgehead atoms. The number of nitrogens with zero attached hydrogens (tertiary/aromatic N) is 1. The van der Waals surface area contributed by atoms with Crippen molar-refractivity contribution >= 4 is 21.6 Å². The molecule has 2 aromatic carbocycles. The molecule has 2 aromatic rings. The Kier molecular flexibility index (Phi) is 8.48. The van der Waals surface area contributed by atoms with Gasteiger partial charge in [-0.3, -0.25) is 9.10 Å². The zero-order chi connectivity index (χ0) is 21.3. The molecule has 1 unspecified atom stereocenters. The van der Waals surface area contributed by atoms with Crippen LogP contribution < -0.4 is 14.4 Å². The molecule has 1 amide bonds. The molecule has 1 atom stereocenters. The van der Waals surface area contributed by atoms with Gasteiger partial charge in [0.1, 0.15) is 11.8 Å². The lowest BCUT2D eigenvalue weighted by Crippen LogP contribution is -2.48. The molecule has 1 N–H and O–H groups in total. The second-order valence-electron chi connectivity index (χ2n) is 6.49. The van der Waals surface area contributed by atoms with Crippen LogP contribution in [0.25, 0.3) is 0 Å². The van der Waals surface area contributed by atoms with Crippen LogP contribution in [0.5, 0.6) is 5.75 Å². The molecule has 0 aliphatic heterocycles. The van der Waals surface area contributed by atoms with E-state index in [1.807, 2.05) is 37.3 Å². The van der Waals surface area contributed by atoms with Gasteiger partial charge in [0.2, 0.25) is 15.9 Å². The predicted octanol–water partition coefficient (Wildman–Crippen LogP) is 2.57. The smallest absolute Gasteiger partial charge is 0.243 e. The summed E-state index contributed by atoms with van der Waals surface area (Å²) in [6.45, 7) is 5.00. The number of benzene rings is 2. The molecular formula is C21H28N2O5S. The summed E-state index contributed by atoms with van der Waals surface area (Å²) in [4.78, 5) is 12.5. The van der Waals surface area contributed by atoms with Gasteiger partial charge in [-0.1, -0.05) is 30.3 Å². The van der Waals surface area contributed by atoms with E-state index in [1.54, 1.807) is 31.2 Å². The average molecular weight is 421 g/mol. The molecule has 0 heterocycles. The van der Waals surface area contributed by atoms with Crippen molar-refractivity contribution in [2.24, 2.45) is 0 Å². The number of rotatable bonds is 11. The molecule has 0 aromatic heterocycles. The van der Waals surface area contributed by atoms with Gasteiger partial charge >= 0.3 is 0 Å². The third-order valence-corrected chi connectivity index (χ3v) is 5.39. The van der Waals surface area contributed by atoms with E-state index in [1.165, 1.54) is 0 Å². The van der Waals surface area contributed by atoms with Crippen LogP contribution in [0.15, 0.2) is 54.6 Å². The van der Waals surface area contributed by atoms with Crippen molar-refractivity contribution in [2.45, 2.75) is 26.5 Å². The first-order valence-corrected chi connectivity index (χ1v) is 11.3. The Morgan fingerprint density at radius 2 is 1.76 bits per heavy atom. The quantitative estimate of drug-likeness (QED) is 0.565. The monoisotopic (exact) mass is 420 g/mol. The minimum Gasteiger partial charge on any atom is -0.494 e. The van der Waals surface area contributed by atoms with Gasteiger partial charge in [0.15, 0.2) is 0 Å². The van der Waals surface area contributed by atoms with Gasteiger partial charge < -0.3 is 14.8 Å². The molecule has 0 aliphatic rings. The van der Waals surface area contributed by atoms with E-state index in [9.17, 15) is 13.2 Å². The highest BCUT2D eigenvalue weighted by atomic mass is 32.2. The fourth-order valence-electron chi connectivity index (χ4n) is 2.82. The summed E-state index contributed by atoms with van der Waals surface area (Å²) < 4.78 is 36.6. The first-order valence-electron chi connectivity index (χ1n) is 9.44. The normalized spacial score (nSPS) is 12.2. The summed E-state index contributed by atoms with van der Waals surface area (Å²) in [6, 6.07) is 15.4. The lowest BCUT2D eigenvalue weighted by molar-refractivity contribution is -0.122. The Hall–Kier alpha value is -2.58. The first kappa shape index (κ1) is 22.7. The topological polar surface area (TPSA) is 84.9 Å². The van der Waals surface area contributed by atoms with Gasteiger partial charge in [0.25, 0.3) is 0 Å². The van der Waals surface area contributed by atoms with Crippen LogP contribution in [-0.2, 0) is 26.2 Å². The molecule has 2 rings (SSSR count). The number of carbonyl (C=O) groups is 1. The van der Waals surface area contributed by atoms with Crippen LogP contribution in [0, 0.1) is 0 Å². The van der Waals surface area contributed by atoms with E-state index < -0.39 is 22.0 Å². The average Bonchev–Trinajstić information content (AvgIpc) is 2.69. The summed E-state index contributed by atoms with van der Waals surface area (Å²) in [7, 11) is -3.66. The number of anilines is 1. The van der Waals surface area contributed by atoms with Gasteiger partial charge in [-0.2, -0.15) is 0 Å². The number of sulfonamides is 1. The highest BCUT2D eigenvalue weighted by Crippen LogP contribution is 2.24. The lowest BCUT2D eigenvalue weighted by Gasteiger charge is -2.28.